The number of rotatable bonds is 8. The first-order valence-electron chi connectivity index (χ1n) is 11.9. The van der Waals surface area contributed by atoms with Gasteiger partial charge in [-0.15, -0.1) is 0 Å². The van der Waals surface area contributed by atoms with Crippen LogP contribution in [0.5, 0.6) is 0 Å². The van der Waals surface area contributed by atoms with Gasteiger partial charge in [0.1, 0.15) is 5.44 Å². The molecule has 1 unspecified atom stereocenters. The van der Waals surface area contributed by atoms with Crippen LogP contribution in [0.25, 0.3) is 16.8 Å². The summed E-state index contributed by atoms with van der Waals surface area (Å²) in [6.07, 6.45) is 6.68. The molecule has 0 spiro atoms. The number of aromatic nitrogens is 1. The molecule has 0 amide bonds. The predicted octanol–water partition coefficient (Wildman–Crippen LogP) is 5.85. The number of unbranched alkanes of at least 4 members (excludes halogenated alkanes) is 1. The summed E-state index contributed by atoms with van der Waals surface area (Å²) in [5, 5.41) is 3.32. The molecule has 0 aliphatic carbocycles. The summed E-state index contributed by atoms with van der Waals surface area (Å²) < 4.78 is 20.4. The normalized spacial score (nSPS) is 13.1. The Morgan fingerprint density at radius 3 is 2.40 bits per heavy atom. The van der Waals surface area contributed by atoms with Gasteiger partial charge in [0.25, 0.3) is 0 Å². The van der Waals surface area contributed by atoms with Gasteiger partial charge in [0, 0.05) is 28.3 Å². The number of hydrogen-bond donors (Lipinski definition) is 0. The van der Waals surface area contributed by atoms with Crippen LogP contribution in [0.15, 0.2) is 85.1 Å². The Balaban J connectivity index is 1.88. The topological polar surface area (TPSA) is 56.3 Å². The first-order valence-corrected chi connectivity index (χ1v) is 13.6. The number of fused-ring (bicyclic) bond motifs is 1. The molecule has 5 heteroatoms. The second-order valence-corrected chi connectivity index (χ2v) is 11.4. The molecule has 0 bridgehead atoms. The summed E-state index contributed by atoms with van der Waals surface area (Å²) in [7, 11) is -3.36. The van der Waals surface area contributed by atoms with Crippen molar-refractivity contribution in [1.82, 2.24) is 4.98 Å². The monoisotopic (exact) mass is 483 g/mol. The van der Waals surface area contributed by atoms with Gasteiger partial charge in [-0.3, -0.25) is 4.98 Å². The summed E-state index contributed by atoms with van der Waals surface area (Å²) in [6.45, 7) is 6.42. The first kappa shape index (κ1) is 24.6. The third-order valence-electron chi connectivity index (χ3n) is 6.00. The fourth-order valence-electron chi connectivity index (χ4n) is 4.01. The third-order valence-corrected chi connectivity index (χ3v) is 9.00. The second-order valence-electron chi connectivity index (χ2n) is 8.75. The molecule has 0 saturated heterocycles. The summed E-state index contributed by atoms with van der Waals surface area (Å²) in [5.74, 6) is -0.403. The number of nitrogens with zero attached hydrogens (tertiary/aromatic N) is 1. The van der Waals surface area contributed by atoms with E-state index in [0.29, 0.717) is 22.7 Å². The second kappa shape index (κ2) is 10.8. The van der Waals surface area contributed by atoms with Gasteiger partial charge in [0.2, 0.25) is 0 Å². The van der Waals surface area contributed by atoms with Gasteiger partial charge in [-0.1, -0.05) is 85.1 Å². The first-order chi connectivity index (χ1) is 16.9. The zero-order chi connectivity index (χ0) is 24.8. The minimum absolute atomic E-state index is 0.392. The number of carbonyl (C=O) groups is 1. The van der Waals surface area contributed by atoms with Crippen LogP contribution in [0, 0.1) is 13.8 Å². The lowest BCUT2D eigenvalue weighted by atomic mass is 10.1. The highest BCUT2D eigenvalue weighted by molar-refractivity contribution is 7.85. The lowest BCUT2D eigenvalue weighted by Crippen LogP contribution is -2.28. The predicted molar refractivity (Wildman–Crippen MR) is 146 cm³/mol. The van der Waals surface area contributed by atoms with Crippen molar-refractivity contribution in [2.75, 3.05) is 6.61 Å². The molecule has 1 aromatic heterocycles. The molecule has 0 aliphatic heterocycles. The smallest absolute Gasteiger partial charge is 0.330 e. The zero-order valence-corrected chi connectivity index (χ0v) is 21.3. The Hall–Kier alpha value is -3.49. The molecule has 0 aliphatic rings. The fraction of sp³-hybridized carbons (Fsp3) is 0.200. The zero-order valence-electron chi connectivity index (χ0n) is 20.4. The maximum Gasteiger partial charge on any atom is 0.330 e. The maximum atomic E-state index is 15.1. The SMILES string of the molecule is CCCCOC(=O)/C=C/c1cc(C)ccc1P(=O)(c1ccc(C)cc1)c1cc2ccccc2cn1. The Morgan fingerprint density at radius 1 is 0.943 bits per heavy atom. The molecule has 3 aromatic carbocycles. The molecular weight excluding hydrogens is 453 g/mol. The Morgan fingerprint density at radius 2 is 1.66 bits per heavy atom. The van der Waals surface area contributed by atoms with Crippen LogP contribution in [0.3, 0.4) is 0 Å². The van der Waals surface area contributed by atoms with E-state index >= 15 is 4.57 Å². The molecular formula is C30H30NO3P. The number of hydrogen-bond acceptors (Lipinski definition) is 4. The van der Waals surface area contributed by atoms with Crippen LogP contribution in [0.4, 0.5) is 0 Å². The van der Waals surface area contributed by atoms with Gasteiger partial charge >= 0.3 is 5.97 Å². The molecule has 35 heavy (non-hydrogen) atoms. The number of carbonyl (C=O) groups excluding carboxylic acids is 1. The van der Waals surface area contributed by atoms with Gasteiger partial charge in [0.05, 0.1) is 6.61 Å². The van der Waals surface area contributed by atoms with Crippen LogP contribution in [0.2, 0.25) is 0 Å². The van der Waals surface area contributed by atoms with Gasteiger partial charge in [-0.05, 0) is 49.4 Å². The quantitative estimate of drug-likeness (QED) is 0.137. The maximum absolute atomic E-state index is 15.1. The number of ether oxygens (including phenoxy) is 1. The number of pyridine rings is 1. The molecule has 4 aromatic rings. The highest BCUT2D eigenvalue weighted by atomic mass is 31.2. The van der Waals surface area contributed by atoms with Gasteiger partial charge in [0.15, 0.2) is 7.14 Å². The highest BCUT2D eigenvalue weighted by Gasteiger charge is 2.33. The molecule has 0 fully saturated rings. The molecule has 4 rings (SSSR count). The van der Waals surface area contributed by atoms with Gasteiger partial charge in [-0.25, -0.2) is 4.79 Å². The van der Waals surface area contributed by atoms with E-state index in [1.54, 1.807) is 12.3 Å². The van der Waals surface area contributed by atoms with Crippen molar-refractivity contribution in [3.63, 3.8) is 0 Å². The van der Waals surface area contributed by atoms with Crippen molar-refractivity contribution in [2.45, 2.75) is 33.6 Å². The lowest BCUT2D eigenvalue weighted by molar-refractivity contribution is -0.137. The molecule has 1 heterocycles. The van der Waals surface area contributed by atoms with Crippen molar-refractivity contribution in [2.24, 2.45) is 0 Å². The average molecular weight is 484 g/mol. The van der Waals surface area contributed by atoms with Crippen molar-refractivity contribution >= 4 is 46.0 Å². The Labute approximate surface area is 207 Å². The molecule has 1 atom stereocenters. The van der Waals surface area contributed by atoms with E-state index in [1.807, 2.05) is 93.6 Å². The van der Waals surface area contributed by atoms with E-state index in [2.05, 4.69) is 4.98 Å². The van der Waals surface area contributed by atoms with Crippen LogP contribution in [0.1, 0.15) is 36.5 Å². The van der Waals surface area contributed by atoms with Gasteiger partial charge in [-0.2, -0.15) is 0 Å². The molecule has 0 saturated carbocycles. The molecule has 0 N–H and O–H groups in total. The van der Waals surface area contributed by atoms with E-state index in [-0.39, 0.29) is 0 Å². The summed E-state index contributed by atoms with van der Waals surface area (Å²) in [5.41, 5.74) is 3.33. The molecule has 0 radical (unpaired) electrons. The van der Waals surface area contributed by atoms with E-state index < -0.39 is 13.1 Å². The van der Waals surface area contributed by atoms with Crippen molar-refractivity contribution in [1.29, 1.82) is 0 Å². The molecule has 178 valence electrons. The summed E-state index contributed by atoms with van der Waals surface area (Å²) >= 11 is 0. The number of esters is 1. The average Bonchev–Trinajstić information content (AvgIpc) is 2.87. The Bertz CT molecular complexity index is 1420. The van der Waals surface area contributed by atoms with E-state index in [9.17, 15) is 4.79 Å². The minimum Gasteiger partial charge on any atom is -0.463 e. The Kier molecular flexibility index (Phi) is 7.63. The minimum atomic E-state index is -3.36. The number of benzene rings is 3. The van der Waals surface area contributed by atoms with Gasteiger partial charge < -0.3 is 9.30 Å². The fourth-order valence-corrected chi connectivity index (χ4v) is 6.70. The number of aryl methyl sites for hydroxylation is 2. The third kappa shape index (κ3) is 5.44. The van der Waals surface area contributed by atoms with Crippen molar-refractivity contribution < 1.29 is 14.1 Å². The standard InChI is InChI=1S/C30H30NO3P/c1-4-5-18-34-30(32)17-13-25-19-23(3)12-16-28(25)35(33,27-14-10-22(2)11-15-27)29-20-24-8-6-7-9-26(24)21-31-29/h6-17,19-21H,4-5,18H2,1-3H3/b17-13+. The van der Waals surface area contributed by atoms with Crippen LogP contribution in [-0.2, 0) is 14.1 Å². The van der Waals surface area contributed by atoms with E-state index in [0.717, 1.165) is 40.3 Å². The van der Waals surface area contributed by atoms with Crippen molar-refractivity contribution in [3.8, 4) is 0 Å². The summed E-state index contributed by atoms with van der Waals surface area (Å²) in [4.78, 5) is 17.0. The van der Waals surface area contributed by atoms with Crippen molar-refractivity contribution in [3.05, 3.63) is 102 Å². The van der Waals surface area contributed by atoms with Crippen LogP contribution < -0.4 is 16.0 Å². The van der Waals surface area contributed by atoms with E-state index in [1.165, 1.54) is 6.08 Å². The lowest BCUT2D eigenvalue weighted by Gasteiger charge is -2.22. The molecule has 4 nitrogen and oxygen atoms in total. The summed E-state index contributed by atoms with van der Waals surface area (Å²) in [6, 6.07) is 23.4. The largest absolute Gasteiger partial charge is 0.463 e. The van der Waals surface area contributed by atoms with E-state index in [4.69, 9.17) is 4.74 Å². The van der Waals surface area contributed by atoms with Crippen LogP contribution >= 0.6 is 7.14 Å². The van der Waals surface area contributed by atoms with Crippen LogP contribution in [-0.4, -0.2) is 17.6 Å². The highest BCUT2D eigenvalue weighted by Crippen LogP contribution is 2.43.